The normalized spacial score (nSPS) is 27.6. The van der Waals surface area contributed by atoms with Gasteiger partial charge in [-0.15, -0.1) is 0 Å². The van der Waals surface area contributed by atoms with Gasteiger partial charge in [0, 0.05) is 5.92 Å². The van der Waals surface area contributed by atoms with Gasteiger partial charge in [0.1, 0.15) is 5.75 Å². The van der Waals surface area contributed by atoms with Crippen LogP contribution in [0.3, 0.4) is 0 Å². The highest BCUT2D eigenvalue weighted by Gasteiger charge is 2.58. The van der Waals surface area contributed by atoms with Gasteiger partial charge < -0.3 is 14.6 Å². The van der Waals surface area contributed by atoms with Gasteiger partial charge in [-0.05, 0) is 55.9 Å². The van der Waals surface area contributed by atoms with Crippen molar-refractivity contribution in [3.05, 3.63) is 46.5 Å². The quantitative estimate of drug-likeness (QED) is 0.549. The van der Waals surface area contributed by atoms with E-state index in [-0.39, 0.29) is 17.8 Å². The summed E-state index contributed by atoms with van der Waals surface area (Å²) in [6, 6.07) is 7.17. The van der Waals surface area contributed by atoms with Crippen molar-refractivity contribution >= 4 is 24.0 Å². The van der Waals surface area contributed by atoms with Crippen LogP contribution in [0.4, 0.5) is 4.79 Å². The van der Waals surface area contributed by atoms with E-state index in [0.717, 1.165) is 36.0 Å². The number of nitrogens with zero attached hydrogens (tertiary/aromatic N) is 1. The summed E-state index contributed by atoms with van der Waals surface area (Å²) in [7, 11) is 1.17. The van der Waals surface area contributed by atoms with Crippen molar-refractivity contribution in [3.8, 4) is 5.75 Å². The molecule has 4 rings (SSSR count). The zero-order valence-corrected chi connectivity index (χ0v) is 18.7. The lowest BCUT2D eigenvalue weighted by Crippen LogP contribution is -2.37. The predicted molar refractivity (Wildman–Crippen MR) is 117 cm³/mol. The lowest BCUT2D eigenvalue weighted by Gasteiger charge is -2.30. The summed E-state index contributed by atoms with van der Waals surface area (Å²) in [6.45, 7) is 4.49. The number of phenolic OH excluding ortho intramolecular Hbond substituents is 1. The monoisotopic (exact) mass is 439 g/mol. The number of hydrogen-bond donors (Lipinski definition) is 1. The summed E-state index contributed by atoms with van der Waals surface area (Å²) in [4.78, 5) is 38.3. The number of rotatable bonds is 5. The molecule has 3 aliphatic rings. The van der Waals surface area contributed by atoms with Gasteiger partial charge in [-0.2, -0.15) is 4.90 Å². The Kier molecular flexibility index (Phi) is 6.20. The first-order valence-corrected chi connectivity index (χ1v) is 11.1. The fourth-order valence-electron chi connectivity index (χ4n) is 5.42. The van der Waals surface area contributed by atoms with E-state index in [1.807, 2.05) is 19.1 Å². The van der Waals surface area contributed by atoms with E-state index < -0.39 is 29.7 Å². The van der Waals surface area contributed by atoms with Crippen molar-refractivity contribution in [2.75, 3.05) is 13.7 Å². The average molecular weight is 440 g/mol. The molecule has 170 valence electrons. The summed E-state index contributed by atoms with van der Waals surface area (Å²) in [6.07, 6.45) is 4.04. The Morgan fingerprint density at radius 1 is 1.28 bits per heavy atom. The molecule has 0 saturated carbocycles. The summed E-state index contributed by atoms with van der Waals surface area (Å²) in [5.74, 6) is -1.94. The second kappa shape index (κ2) is 8.90. The second-order valence-corrected chi connectivity index (χ2v) is 8.77. The lowest BCUT2D eigenvalue weighted by atomic mass is 9.70. The van der Waals surface area contributed by atoms with E-state index in [2.05, 4.69) is 17.7 Å². The number of allylic oxidation sites excluding steroid dienone is 2. The Labute approximate surface area is 187 Å². The van der Waals surface area contributed by atoms with E-state index in [0.29, 0.717) is 17.9 Å². The van der Waals surface area contributed by atoms with Crippen LogP contribution < -0.4 is 0 Å². The standard InChI is InChI=1S/C25H29NO6/c1-4-15(11-16-6-5-7-17(27)12-16)8-9-20-21-14(2)10-18-22(19(21)13-32-20)24(29)26(23(18)28)25(30)31-3/h5-7,11-12,18-20,22,27H,4,8-10,13H2,1-3H3/b15-11+/t18-,19+,20-,22-/m1/s1. The molecule has 1 aromatic carbocycles. The number of amides is 3. The van der Waals surface area contributed by atoms with Gasteiger partial charge in [0.05, 0.1) is 31.7 Å². The number of fused-ring (bicyclic) bond motifs is 3. The molecule has 0 bridgehead atoms. The molecule has 0 unspecified atom stereocenters. The number of carbonyl (C=O) groups is 3. The number of methoxy groups -OCH3 is 1. The number of hydrogen-bond acceptors (Lipinski definition) is 6. The maximum absolute atomic E-state index is 12.9. The van der Waals surface area contributed by atoms with Gasteiger partial charge in [0.15, 0.2) is 0 Å². The first kappa shape index (κ1) is 22.3. The molecule has 7 heteroatoms. The third-order valence-corrected chi connectivity index (χ3v) is 6.93. The molecule has 1 aromatic rings. The fourth-order valence-corrected chi connectivity index (χ4v) is 5.42. The van der Waals surface area contributed by atoms with Gasteiger partial charge >= 0.3 is 6.09 Å². The Bertz CT molecular complexity index is 1010. The smallest absolute Gasteiger partial charge is 0.423 e. The number of ether oxygens (including phenoxy) is 2. The van der Waals surface area contributed by atoms with Crippen LogP contribution in [0.1, 0.15) is 45.1 Å². The summed E-state index contributed by atoms with van der Waals surface area (Å²) in [5.41, 5.74) is 4.41. The van der Waals surface area contributed by atoms with Gasteiger partial charge in [-0.1, -0.05) is 36.3 Å². The average Bonchev–Trinajstić information content (AvgIpc) is 3.30. The minimum atomic E-state index is -0.909. The van der Waals surface area contributed by atoms with Crippen LogP contribution in [0.25, 0.3) is 6.08 Å². The maximum atomic E-state index is 12.9. The molecule has 0 aromatic heterocycles. The molecule has 2 heterocycles. The summed E-state index contributed by atoms with van der Waals surface area (Å²) in [5, 5.41) is 9.70. The van der Waals surface area contributed by atoms with Crippen molar-refractivity contribution in [2.45, 2.75) is 45.6 Å². The van der Waals surface area contributed by atoms with E-state index in [9.17, 15) is 19.5 Å². The van der Waals surface area contributed by atoms with Crippen LogP contribution in [0, 0.1) is 17.8 Å². The predicted octanol–water partition coefficient (Wildman–Crippen LogP) is 4.07. The minimum absolute atomic E-state index is 0.102. The molecule has 7 nitrogen and oxygen atoms in total. The van der Waals surface area contributed by atoms with Crippen molar-refractivity contribution in [2.24, 2.45) is 17.8 Å². The topological polar surface area (TPSA) is 93.1 Å². The van der Waals surface area contributed by atoms with E-state index in [4.69, 9.17) is 4.74 Å². The zero-order chi connectivity index (χ0) is 23.0. The lowest BCUT2D eigenvalue weighted by molar-refractivity contribution is -0.137. The highest BCUT2D eigenvalue weighted by atomic mass is 16.5. The number of aromatic hydroxyl groups is 1. The summed E-state index contributed by atoms with van der Waals surface area (Å²) >= 11 is 0. The third-order valence-electron chi connectivity index (χ3n) is 6.93. The van der Waals surface area contributed by atoms with Gasteiger partial charge in [0.2, 0.25) is 11.8 Å². The van der Waals surface area contributed by atoms with Crippen molar-refractivity contribution in [1.29, 1.82) is 0 Å². The molecule has 2 fully saturated rings. The van der Waals surface area contributed by atoms with Gasteiger partial charge in [-0.3, -0.25) is 9.59 Å². The van der Waals surface area contributed by atoms with Crippen LogP contribution in [-0.4, -0.2) is 47.7 Å². The van der Waals surface area contributed by atoms with Crippen LogP contribution >= 0.6 is 0 Å². The molecule has 1 aliphatic carbocycles. The van der Waals surface area contributed by atoms with Gasteiger partial charge in [-0.25, -0.2) is 4.79 Å². The molecular weight excluding hydrogens is 410 g/mol. The number of benzene rings is 1. The first-order valence-electron chi connectivity index (χ1n) is 11.1. The molecular formula is C25H29NO6. The molecule has 2 aliphatic heterocycles. The van der Waals surface area contributed by atoms with Crippen molar-refractivity contribution in [3.63, 3.8) is 0 Å². The van der Waals surface area contributed by atoms with Crippen LogP contribution in [0.2, 0.25) is 0 Å². The molecule has 3 amide bonds. The minimum Gasteiger partial charge on any atom is -0.508 e. The highest BCUT2D eigenvalue weighted by molar-refractivity contribution is 6.16. The number of likely N-dealkylation sites (tertiary alicyclic amines) is 1. The van der Waals surface area contributed by atoms with Crippen molar-refractivity contribution < 1.29 is 29.0 Å². The fraction of sp³-hybridized carbons (Fsp3) is 0.480. The molecule has 2 saturated heterocycles. The van der Waals surface area contributed by atoms with Crippen LogP contribution in [-0.2, 0) is 19.1 Å². The molecule has 0 radical (unpaired) electrons. The third kappa shape index (κ3) is 3.86. The SMILES string of the molecule is CC/C(=C\c1cccc(O)c1)CC[C@H]1OC[C@H]2C1=C(C)C[C@H]1C(=O)N(C(=O)OC)C(=O)[C@H]12. The summed E-state index contributed by atoms with van der Waals surface area (Å²) < 4.78 is 10.8. The zero-order valence-electron chi connectivity index (χ0n) is 18.7. The van der Waals surface area contributed by atoms with Crippen LogP contribution in [0.5, 0.6) is 5.75 Å². The second-order valence-electron chi connectivity index (χ2n) is 8.77. The van der Waals surface area contributed by atoms with E-state index in [1.165, 1.54) is 12.7 Å². The van der Waals surface area contributed by atoms with Crippen LogP contribution in [0.15, 0.2) is 41.0 Å². The molecule has 32 heavy (non-hydrogen) atoms. The Balaban J connectivity index is 1.50. The molecule has 4 atom stereocenters. The Hall–Kier alpha value is -2.93. The van der Waals surface area contributed by atoms with E-state index >= 15 is 0 Å². The Morgan fingerprint density at radius 3 is 2.75 bits per heavy atom. The number of phenols is 1. The highest BCUT2D eigenvalue weighted by Crippen LogP contribution is 2.49. The molecule has 1 N–H and O–H groups in total. The van der Waals surface area contributed by atoms with Gasteiger partial charge in [0.25, 0.3) is 0 Å². The first-order chi connectivity index (χ1) is 15.3. The van der Waals surface area contributed by atoms with E-state index in [1.54, 1.807) is 12.1 Å². The Morgan fingerprint density at radius 2 is 2.06 bits per heavy atom. The largest absolute Gasteiger partial charge is 0.508 e. The number of carbonyl (C=O) groups excluding carboxylic acids is 3. The molecule has 0 spiro atoms. The van der Waals surface area contributed by atoms with Crippen molar-refractivity contribution in [1.82, 2.24) is 4.90 Å². The maximum Gasteiger partial charge on any atom is 0.423 e. The number of imide groups is 3.